The lowest BCUT2D eigenvalue weighted by atomic mass is 10.3. The van der Waals surface area contributed by atoms with Gasteiger partial charge in [-0.25, -0.2) is 9.78 Å². The van der Waals surface area contributed by atoms with Crippen molar-refractivity contribution in [2.45, 2.75) is 0 Å². The highest BCUT2D eigenvalue weighted by Crippen LogP contribution is 1.95. The quantitative estimate of drug-likeness (QED) is 0.371. The number of hydrogen-bond acceptors (Lipinski definition) is 6. The van der Waals surface area contributed by atoms with Gasteiger partial charge in [-0.15, -0.1) is 0 Å². The summed E-state index contributed by atoms with van der Waals surface area (Å²) in [7, 11) is 1.16. The molecular weight excluding hydrogens is 188 g/mol. The molecule has 0 saturated carbocycles. The number of nitriles is 1. The van der Waals surface area contributed by atoms with Gasteiger partial charge in [0, 0.05) is 0 Å². The molecule has 0 aliphatic heterocycles. The minimum Gasteiger partial charge on any atom is -0.465 e. The van der Waals surface area contributed by atoms with Crippen LogP contribution in [0.25, 0.3) is 0 Å². The Hall–Kier alpha value is -2.36. The number of hydrogen-bond donors (Lipinski definition) is 2. The summed E-state index contributed by atoms with van der Waals surface area (Å²) < 4.78 is 4.33. The van der Waals surface area contributed by atoms with Crippen molar-refractivity contribution >= 4 is 11.9 Å². The van der Waals surface area contributed by atoms with E-state index in [-0.39, 0.29) is 11.5 Å². The summed E-state index contributed by atoms with van der Waals surface area (Å²) in [6.45, 7) is 0. The Morgan fingerprint density at radius 3 is 3.00 bits per heavy atom. The number of aromatic nitrogens is 2. The lowest BCUT2D eigenvalue weighted by Gasteiger charge is -1.98. The number of nitrogens with one attached hydrogen (secondary N) is 2. The molecule has 1 rings (SSSR count). The minimum absolute atomic E-state index is 0.0230. The number of H-pyrrole nitrogens is 1. The summed E-state index contributed by atoms with van der Waals surface area (Å²) in [5, 5.41) is 10.3. The first-order chi connectivity index (χ1) is 6.69. The number of nitrogens with zero attached hydrogens (tertiary/aromatic N) is 2. The van der Waals surface area contributed by atoms with E-state index in [4.69, 9.17) is 5.26 Å². The highest BCUT2D eigenvalue weighted by molar-refractivity contribution is 5.88. The minimum atomic E-state index is -0.776. The van der Waals surface area contributed by atoms with Crippen molar-refractivity contribution in [2.24, 2.45) is 0 Å². The highest BCUT2D eigenvalue weighted by Gasteiger charge is 2.11. The molecule has 72 valence electrons. The van der Waals surface area contributed by atoms with Gasteiger partial charge in [0.2, 0.25) is 5.95 Å². The zero-order chi connectivity index (χ0) is 10.6. The summed E-state index contributed by atoms with van der Waals surface area (Å²) in [4.78, 5) is 27.9. The number of carbonyl (C=O) groups excluding carboxylic acids is 1. The lowest BCUT2D eigenvalue weighted by molar-refractivity contribution is 0.0598. The first kappa shape index (κ1) is 9.73. The van der Waals surface area contributed by atoms with Gasteiger partial charge in [-0.05, 0) is 0 Å². The van der Waals surface area contributed by atoms with Crippen molar-refractivity contribution in [3.8, 4) is 6.19 Å². The SMILES string of the molecule is COC(=O)c1cnc(NC#N)[nH]c1=O. The second kappa shape index (κ2) is 4.04. The topological polar surface area (TPSA) is 108 Å². The third kappa shape index (κ3) is 1.87. The van der Waals surface area contributed by atoms with Crippen LogP contribution in [-0.4, -0.2) is 23.0 Å². The molecule has 0 aromatic carbocycles. The number of esters is 1. The van der Waals surface area contributed by atoms with E-state index in [2.05, 4.69) is 20.0 Å². The Morgan fingerprint density at radius 2 is 2.50 bits per heavy atom. The van der Waals surface area contributed by atoms with Crippen LogP contribution < -0.4 is 10.9 Å². The second-order valence-corrected chi connectivity index (χ2v) is 2.20. The number of aromatic amines is 1. The molecule has 0 fully saturated rings. The van der Waals surface area contributed by atoms with Crippen molar-refractivity contribution in [1.82, 2.24) is 9.97 Å². The van der Waals surface area contributed by atoms with Crippen LogP contribution in [0.3, 0.4) is 0 Å². The molecule has 0 unspecified atom stereocenters. The molecule has 7 heteroatoms. The molecule has 1 heterocycles. The number of methoxy groups -OCH3 is 1. The number of rotatable bonds is 2. The van der Waals surface area contributed by atoms with E-state index in [1.54, 1.807) is 6.19 Å². The molecule has 0 bridgehead atoms. The highest BCUT2D eigenvalue weighted by atomic mass is 16.5. The molecule has 0 aliphatic carbocycles. The number of ether oxygens (including phenoxy) is 1. The smallest absolute Gasteiger partial charge is 0.345 e. The van der Waals surface area contributed by atoms with Crippen LogP contribution in [0.4, 0.5) is 5.95 Å². The zero-order valence-electron chi connectivity index (χ0n) is 7.20. The fraction of sp³-hybridized carbons (Fsp3) is 0.143. The van der Waals surface area contributed by atoms with E-state index < -0.39 is 11.5 Å². The third-order valence-corrected chi connectivity index (χ3v) is 1.38. The van der Waals surface area contributed by atoms with E-state index in [1.807, 2.05) is 0 Å². The summed E-state index contributed by atoms with van der Waals surface area (Å²) in [5.41, 5.74) is -0.874. The van der Waals surface area contributed by atoms with E-state index in [0.29, 0.717) is 0 Å². The van der Waals surface area contributed by atoms with Gasteiger partial charge in [-0.3, -0.25) is 15.1 Å². The maximum absolute atomic E-state index is 11.2. The monoisotopic (exact) mass is 194 g/mol. The molecule has 1 aromatic heterocycles. The van der Waals surface area contributed by atoms with Crippen LogP contribution in [0.15, 0.2) is 11.0 Å². The maximum atomic E-state index is 11.2. The third-order valence-electron chi connectivity index (χ3n) is 1.38. The van der Waals surface area contributed by atoms with Gasteiger partial charge >= 0.3 is 5.97 Å². The molecule has 0 spiro atoms. The van der Waals surface area contributed by atoms with Gasteiger partial charge in [0.05, 0.1) is 13.3 Å². The van der Waals surface area contributed by atoms with Gasteiger partial charge in [-0.1, -0.05) is 0 Å². The fourth-order valence-electron chi connectivity index (χ4n) is 0.767. The van der Waals surface area contributed by atoms with Gasteiger partial charge in [0.25, 0.3) is 5.56 Å². The molecule has 0 atom stereocenters. The van der Waals surface area contributed by atoms with Gasteiger partial charge in [0.1, 0.15) is 5.56 Å². The van der Waals surface area contributed by atoms with Crippen LogP contribution in [0, 0.1) is 11.5 Å². The van der Waals surface area contributed by atoms with Crippen molar-refractivity contribution in [2.75, 3.05) is 12.4 Å². The number of carbonyl (C=O) groups is 1. The molecule has 14 heavy (non-hydrogen) atoms. The van der Waals surface area contributed by atoms with Gasteiger partial charge in [-0.2, -0.15) is 5.26 Å². The zero-order valence-corrected chi connectivity index (χ0v) is 7.20. The molecule has 0 aliphatic rings. The predicted octanol–water partition coefficient (Wildman–Crippen LogP) is -0.551. The fourth-order valence-corrected chi connectivity index (χ4v) is 0.767. The van der Waals surface area contributed by atoms with E-state index in [1.165, 1.54) is 0 Å². The van der Waals surface area contributed by atoms with Crippen LogP contribution >= 0.6 is 0 Å². The first-order valence-electron chi connectivity index (χ1n) is 3.51. The molecule has 0 radical (unpaired) electrons. The van der Waals surface area contributed by atoms with Gasteiger partial charge < -0.3 is 4.74 Å². The molecule has 0 amide bonds. The molecule has 1 aromatic rings. The standard InChI is InChI=1S/C7H6N4O3/c1-14-6(13)4-2-9-7(10-3-8)11-5(4)12/h2H,1H3,(H2,9,10,11,12). The van der Waals surface area contributed by atoms with Crippen LogP contribution in [-0.2, 0) is 4.74 Å². The van der Waals surface area contributed by atoms with Crippen molar-refractivity contribution in [3.63, 3.8) is 0 Å². The largest absolute Gasteiger partial charge is 0.465 e. The van der Waals surface area contributed by atoms with Crippen LogP contribution in [0.1, 0.15) is 10.4 Å². The molecular formula is C7H6N4O3. The average molecular weight is 194 g/mol. The second-order valence-electron chi connectivity index (χ2n) is 2.20. The van der Waals surface area contributed by atoms with E-state index in [0.717, 1.165) is 13.3 Å². The Balaban J connectivity index is 3.09. The molecule has 0 saturated heterocycles. The number of anilines is 1. The Bertz CT molecular complexity index is 445. The maximum Gasteiger partial charge on any atom is 0.345 e. The first-order valence-corrected chi connectivity index (χ1v) is 3.51. The Labute approximate surface area is 78.3 Å². The summed E-state index contributed by atoms with van der Waals surface area (Å²) in [6, 6.07) is 0. The summed E-state index contributed by atoms with van der Waals surface area (Å²) >= 11 is 0. The van der Waals surface area contributed by atoms with Crippen molar-refractivity contribution in [3.05, 3.63) is 22.1 Å². The van der Waals surface area contributed by atoms with Crippen LogP contribution in [0.2, 0.25) is 0 Å². The average Bonchev–Trinajstić information content (AvgIpc) is 2.17. The van der Waals surface area contributed by atoms with Crippen LogP contribution in [0.5, 0.6) is 0 Å². The Kier molecular flexibility index (Phi) is 2.81. The van der Waals surface area contributed by atoms with Gasteiger partial charge in [0.15, 0.2) is 6.19 Å². The van der Waals surface area contributed by atoms with Crippen molar-refractivity contribution < 1.29 is 9.53 Å². The Morgan fingerprint density at radius 1 is 1.79 bits per heavy atom. The normalized spacial score (nSPS) is 8.86. The molecule has 7 nitrogen and oxygen atoms in total. The summed E-state index contributed by atoms with van der Waals surface area (Å²) in [5.74, 6) is -0.799. The lowest BCUT2D eigenvalue weighted by Crippen LogP contribution is -2.20. The molecule has 2 N–H and O–H groups in total. The van der Waals surface area contributed by atoms with Crippen molar-refractivity contribution in [1.29, 1.82) is 5.26 Å². The predicted molar refractivity (Wildman–Crippen MR) is 45.4 cm³/mol. The summed E-state index contributed by atoms with van der Waals surface area (Å²) in [6.07, 6.45) is 2.61. The van der Waals surface area contributed by atoms with E-state index in [9.17, 15) is 9.59 Å². The van der Waals surface area contributed by atoms with E-state index >= 15 is 0 Å².